The van der Waals surface area contributed by atoms with Crippen molar-refractivity contribution in [3.8, 4) is 5.95 Å². The van der Waals surface area contributed by atoms with Gasteiger partial charge in [-0.3, -0.25) is 0 Å². The SMILES string of the molecule is CCCNc1nc(N(C)C)nc(-n2cc(I)cn2)n1. The highest BCUT2D eigenvalue weighted by atomic mass is 127. The lowest BCUT2D eigenvalue weighted by Gasteiger charge is -2.13. The summed E-state index contributed by atoms with van der Waals surface area (Å²) in [6, 6.07) is 0. The molecule has 0 aliphatic rings. The third kappa shape index (κ3) is 3.52. The van der Waals surface area contributed by atoms with Gasteiger partial charge in [0, 0.05) is 26.8 Å². The van der Waals surface area contributed by atoms with Gasteiger partial charge >= 0.3 is 0 Å². The second-order valence-electron chi connectivity index (χ2n) is 4.18. The van der Waals surface area contributed by atoms with Gasteiger partial charge in [0.05, 0.1) is 9.77 Å². The average Bonchev–Trinajstić information content (AvgIpc) is 2.82. The molecule has 0 aliphatic carbocycles. The Balaban J connectivity index is 2.39. The molecule has 19 heavy (non-hydrogen) atoms. The zero-order chi connectivity index (χ0) is 13.8. The fraction of sp³-hybridized carbons (Fsp3) is 0.455. The van der Waals surface area contributed by atoms with E-state index in [1.54, 1.807) is 10.9 Å². The van der Waals surface area contributed by atoms with E-state index >= 15 is 0 Å². The Labute approximate surface area is 125 Å². The number of nitrogens with zero attached hydrogens (tertiary/aromatic N) is 6. The molecule has 0 amide bonds. The van der Waals surface area contributed by atoms with Crippen molar-refractivity contribution in [1.82, 2.24) is 24.7 Å². The molecule has 0 saturated carbocycles. The predicted molar refractivity (Wildman–Crippen MR) is 82.8 cm³/mol. The van der Waals surface area contributed by atoms with E-state index < -0.39 is 0 Å². The highest BCUT2D eigenvalue weighted by Gasteiger charge is 2.10. The molecule has 2 aromatic rings. The van der Waals surface area contributed by atoms with Crippen LogP contribution >= 0.6 is 22.6 Å². The largest absolute Gasteiger partial charge is 0.354 e. The van der Waals surface area contributed by atoms with E-state index in [1.165, 1.54) is 0 Å². The number of hydrogen-bond acceptors (Lipinski definition) is 6. The van der Waals surface area contributed by atoms with Crippen molar-refractivity contribution in [2.75, 3.05) is 30.9 Å². The molecule has 2 aromatic heterocycles. The first-order chi connectivity index (χ1) is 9.10. The second-order valence-corrected chi connectivity index (χ2v) is 5.43. The van der Waals surface area contributed by atoms with Crippen LogP contribution in [-0.2, 0) is 0 Å². The molecule has 0 spiro atoms. The lowest BCUT2D eigenvalue weighted by atomic mass is 10.5. The highest BCUT2D eigenvalue weighted by molar-refractivity contribution is 14.1. The Morgan fingerprint density at radius 3 is 2.68 bits per heavy atom. The minimum absolute atomic E-state index is 0.514. The summed E-state index contributed by atoms with van der Waals surface area (Å²) >= 11 is 2.20. The fourth-order valence-electron chi connectivity index (χ4n) is 1.38. The predicted octanol–water partition coefficient (Wildman–Crippen LogP) is 1.55. The zero-order valence-electron chi connectivity index (χ0n) is 11.1. The van der Waals surface area contributed by atoms with E-state index in [2.05, 4.69) is 54.9 Å². The van der Waals surface area contributed by atoms with Crippen molar-refractivity contribution in [3.63, 3.8) is 0 Å². The molecule has 2 rings (SSSR count). The van der Waals surface area contributed by atoms with Crippen LogP contribution in [0.2, 0.25) is 0 Å². The molecule has 0 fully saturated rings. The molecule has 0 atom stereocenters. The van der Waals surface area contributed by atoms with E-state index in [0.717, 1.165) is 16.5 Å². The van der Waals surface area contributed by atoms with Crippen LogP contribution in [0.4, 0.5) is 11.9 Å². The van der Waals surface area contributed by atoms with Crippen LogP contribution in [-0.4, -0.2) is 45.4 Å². The van der Waals surface area contributed by atoms with Gasteiger partial charge in [-0.1, -0.05) is 6.92 Å². The topological polar surface area (TPSA) is 71.8 Å². The summed E-state index contributed by atoms with van der Waals surface area (Å²) in [5, 5.41) is 7.39. The van der Waals surface area contributed by atoms with Crippen LogP contribution in [0.3, 0.4) is 0 Å². The number of anilines is 2. The number of aromatic nitrogens is 5. The van der Waals surface area contributed by atoms with Gasteiger partial charge in [0.15, 0.2) is 0 Å². The maximum atomic E-state index is 4.39. The Hall–Kier alpha value is -1.45. The van der Waals surface area contributed by atoms with E-state index in [0.29, 0.717) is 17.8 Å². The minimum atomic E-state index is 0.514. The van der Waals surface area contributed by atoms with Crippen molar-refractivity contribution in [3.05, 3.63) is 16.0 Å². The lowest BCUT2D eigenvalue weighted by Crippen LogP contribution is -2.17. The molecule has 8 heteroatoms. The molecular formula is C11H16IN7. The first-order valence-corrected chi connectivity index (χ1v) is 7.06. The summed E-state index contributed by atoms with van der Waals surface area (Å²) in [4.78, 5) is 15.0. The maximum absolute atomic E-state index is 4.39. The Morgan fingerprint density at radius 2 is 2.11 bits per heavy atom. The van der Waals surface area contributed by atoms with Crippen molar-refractivity contribution < 1.29 is 0 Å². The Morgan fingerprint density at radius 1 is 1.32 bits per heavy atom. The number of hydrogen-bond donors (Lipinski definition) is 1. The average molecular weight is 373 g/mol. The number of nitrogens with one attached hydrogen (secondary N) is 1. The highest BCUT2D eigenvalue weighted by Crippen LogP contribution is 2.12. The summed E-state index contributed by atoms with van der Waals surface area (Å²) in [7, 11) is 3.80. The molecule has 0 aromatic carbocycles. The molecule has 0 aliphatic heterocycles. The first-order valence-electron chi connectivity index (χ1n) is 5.98. The monoisotopic (exact) mass is 373 g/mol. The zero-order valence-corrected chi connectivity index (χ0v) is 13.3. The molecule has 1 N–H and O–H groups in total. The van der Waals surface area contributed by atoms with Gasteiger partial charge in [0.25, 0.3) is 5.95 Å². The van der Waals surface area contributed by atoms with Crippen LogP contribution < -0.4 is 10.2 Å². The van der Waals surface area contributed by atoms with Crippen LogP contribution in [0.15, 0.2) is 12.4 Å². The molecular weight excluding hydrogens is 357 g/mol. The van der Waals surface area contributed by atoms with Crippen LogP contribution in [0.25, 0.3) is 5.95 Å². The third-order valence-corrected chi connectivity index (χ3v) is 2.86. The molecule has 0 unspecified atom stereocenters. The smallest absolute Gasteiger partial charge is 0.257 e. The van der Waals surface area contributed by atoms with E-state index in [-0.39, 0.29) is 0 Å². The molecule has 0 bridgehead atoms. The molecule has 0 saturated heterocycles. The van der Waals surface area contributed by atoms with Crippen LogP contribution in [0.1, 0.15) is 13.3 Å². The molecule has 2 heterocycles. The second kappa shape index (κ2) is 6.13. The van der Waals surface area contributed by atoms with Crippen LogP contribution in [0.5, 0.6) is 0 Å². The van der Waals surface area contributed by atoms with Crippen molar-refractivity contribution >= 4 is 34.5 Å². The molecule has 102 valence electrons. The van der Waals surface area contributed by atoms with Gasteiger partial charge in [-0.05, 0) is 29.0 Å². The summed E-state index contributed by atoms with van der Waals surface area (Å²) < 4.78 is 2.68. The van der Waals surface area contributed by atoms with Crippen LogP contribution in [0, 0.1) is 3.57 Å². The normalized spacial score (nSPS) is 10.5. The van der Waals surface area contributed by atoms with Crippen molar-refractivity contribution in [2.45, 2.75) is 13.3 Å². The summed E-state index contributed by atoms with van der Waals surface area (Å²) in [5.74, 6) is 1.69. The van der Waals surface area contributed by atoms with E-state index in [4.69, 9.17) is 0 Å². The summed E-state index contributed by atoms with van der Waals surface area (Å²) in [6.45, 7) is 2.92. The van der Waals surface area contributed by atoms with Gasteiger partial charge < -0.3 is 10.2 Å². The molecule has 0 radical (unpaired) electrons. The fourth-order valence-corrected chi connectivity index (χ4v) is 1.77. The maximum Gasteiger partial charge on any atom is 0.257 e. The van der Waals surface area contributed by atoms with E-state index in [1.807, 2.05) is 25.2 Å². The number of rotatable bonds is 5. The van der Waals surface area contributed by atoms with Gasteiger partial charge in [0.2, 0.25) is 11.9 Å². The van der Waals surface area contributed by atoms with Gasteiger partial charge in [-0.15, -0.1) is 0 Å². The standard InChI is InChI=1S/C11H16IN7/c1-4-5-13-9-15-10(18(2)3)17-11(16-9)19-7-8(12)6-14-19/h6-7H,4-5H2,1-3H3,(H,13,15,16,17). The lowest BCUT2D eigenvalue weighted by molar-refractivity contribution is 0.786. The van der Waals surface area contributed by atoms with Gasteiger partial charge in [0.1, 0.15) is 0 Å². The quantitative estimate of drug-likeness (QED) is 0.802. The third-order valence-electron chi connectivity index (χ3n) is 2.30. The van der Waals surface area contributed by atoms with Crippen molar-refractivity contribution in [2.24, 2.45) is 0 Å². The van der Waals surface area contributed by atoms with E-state index in [9.17, 15) is 0 Å². The molecule has 7 nitrogen and oxygen atoms in total. The number of halogens is 1. The van der Waals surface area contributed by atoms with Gasteiger partial charge in [-0.25, -0.2) is 4.68 Å². The van der Waals surface area contributed by atoms with Crippen molar-refractivity contribution in [1.29, 1.82) is 0 Å². The minimum Gasteiger partial charge on any atom is -0.354 e. The summed E-state index contributed by atoms with van der Waals surface area (Å²) in [5.41, 5.74) is 0. The Bertz CT molecular complexity index is 552. The Kier molecular flexibility index (Phi) is 4.51. The van der Waals surface area contributed by atoms with Gasteiger partial charge in [-0.2, -0.15) is 20.1 Å². The first kappa shape index (κ1) is 14.0. The summed E-state index contributed by atoms with van der Waals surface area (Å²) in [6.07, 6.45) is 4.65.